The molecule has 0 aliphatic rings. The molecule has 19 heavy (non-hydrogen) atoms. The van der Waals surface area contributed by atoms with E-state index in [4.69, 9.17) is 0 Å². The van der Waals surface area contributed by atoms with Gasteiger partial charge in [0.1, 0.15) is 0 Å². The summed E-state index contributed by atoms with van der Waals surface area (Å²) in [5, 5.41) is 0. The van der Waals surface area contributed by atoms with Crippen molar-refractivity contribution in [2.24, 2.45) is 0 Å². The molecule has 0 bridgehead atoms. The molecule has 0 saturated carbocycles. The van der Waals surface area contributed by atoms with Crippen LogP contribution in [-0.2, 0) is 10.0 Å². The summed E-state index contributed by atoms with van der Waals surface area (Å²) in [6.45, 7) is 5.56. The summed E-state index contributed by atoms with van der Waals surface area (Å²) in [5.41, 5.74) is 0.567. The molecule has 0 radical (unpaired) electrons. The lowest BCUT2D eigenvalue weighted by atomic mass is 10.1. The van der Waals surface area contributed by atoms with Crippen LogP contribution in [0.1, 0.15) is 50.4 Å². The van der Waals surface area contributed by atoms with E-state index in [-0.39, 0.29) is 16.7 Å². The standard InChI is InChI=1S/C14H21NO3S/c1-4-5-6-14(16)12-7-9-13(10-8-12)19(17,18)15-11(2)3/h7-11,15H,4-6H2,1-3H3. The van der Waals surface area contributed by atoms with Crippen molar-refractivity contribution in [2.45, 2.75) is 51.0 Å². The van der Waals surface area contributed by atoms with Crippen molar-refractivity contribution >= 4 is 15.8 Å². The highest BCUT2D eigenvalue weighted by atomic mass is 32.2. The van der Waals surface area contributed by atoms with Crippen molar-refractivity contribution in [1.82, 2.24) is 4.72 Å². The minimum absolute atomic E-state index is 0.0580. The molecule has 1 N–H and O–H groups in total. The van der Waals surface area contributed by atoms with Gasteiger partial charge >= 0.3 is 0 Å². The topological polar surface area (TPSA) is 63.2 Å². The zero-order valence-corrected chi connectivity index (χ0v) is 12.5. The van der Waals surface area contributed by atoms with Crippen LogP contribution in [0.4, 0.5) is 0 Å². The molecule has 5 heteroatoms. The Kier molecular flexibility index (Phi) is 5.69. The number of benzene rings is 1. The molecule has 1 aromatic carbocycles. The lowest BCUT2D eigenvalue weighted by molar-refractivity contribution is 0.0979. The normalized spacial score (nSPS) is 11.8. The van der Waals surface area contributed by atoms with E-state index in [2.05, 4.69) is 4.72 Å². The largest absolute Gasteiger partial charge is 0.294 e. The van der Waals surface area contributed by atoms with Gasteiger partial charge in [0.05, 0.1) is 4.90 Å². The number of ketones is 1. The third-order valence-electron chi connectivity index (χ3n) is 2.63. The van der Waals surface area contributed by atoms with Crippen molar-refractivity contribution in [3.8, 4) is 0 Å². The first kappa shape index (κ1) is 15.9. The van der Waals surface area contributed by atoms with E-state index in [0.29, 0.717) is 12.0 Å². The molecule has 0 heterocycles. The fourth-order valence-electron chi connectivity index (χ4n) is 1.68. The number of carbonyl (C=O) groups excluding carboxylic acids is 1. The summed E-state index contributed by atoms with van der Waals surface area (Å²) < 4.78 is 26.3. The van der Waals surface area contributed by atoms with Gasteiger partial charge in [-0.1, -0.05) is 25.5 Å². The van der Waals surface area contributed by atoms with Gasteiger partial charge in [0, 0.05) is 18.0 Å². The minimum atomic E-state index is -3.48. The first-order chi connectivity index (χ1) is 8.86. The Labute approximate surface area is 115 Å². The van der Waals surface area contributed by atoms with Gasteiger partial charge in [0.15, 0.2) is 5.78 Å². The summed E-state index contributed by atoms with van der Waals surface area (Å²) in [6.07, 6.45) is 2.33. The lowest BCUT2D eigenvalue weighted by Crippen LogP contribution is -2.30. The van der Waals surface area contributed by atoms with Gasteiger partial charge in [-0.15, -0.1) is 0 Å². The number of Topliss-reactive ketones (excluding diaryl/α,β-unsaturated/α-hetero) is 1. The third kappa shape index (κ3) is 4.76. The second kappa shape index (κ2) is 6.82. The maximum Gasteiger partial charge on any atom is 0.240 e. The van der Waals surface area contributed by atoms with Crippen LogP contribution in [0.15, 0.2) is 29.2 Å². The van der Waals surface area contributed by atoms with Gasteiger partial charge in [-0.3, -0.25) is 4.79 Å². The molecule has 0 aliphatic heterocycles. The average molecular weight is 283 g/mol. The molecule has 0 amide bonds. The summed E-state index contributed by atoms with van der Waals surface area (Å²) in [4.78, 5) is 12.0. The van der Waals surface area contributed by atoms with Crippen LogP contribution in [-0.4, -0.2) is 20.2 Å². The van der Waals surface area contributed by atoms with Crippen molar-refractivity contribution in [3.05, 3.63) is 29.8 Å². The molecule has 0 aromatic heterocycles. The maximum atomic E-state index is 11.9. The van der Waals surface area contributed by atoms with E-state index in [0.717, 1.165) is 12.8 Å². The van der Waals surface area contributed by atoms with Crippen LogP contribution in [0.25, 0.3) is 0 Å². The van der Waals surface area contributed by atoms with Gasteiger partial charge in [0.2, 0.25) is 10.0 Å². The number of rotatable bonds is 7. The fourth-order valence-corrected chi connectivity index (χ4v) is 2.93. The van der Waals surface area contributed by atoms with Gasteiger partial charge in [0.25, 0.3) is 0 Å². The fraction of sp³-hybridized carbons (Fsp3) is 0.500. The quantitative estimate of drug-likeness (QED) is 0.783. The van der Waals surface area contributed by atoms with Crippen LogP contribution in [0.5, 0.6) is 0 Å². The van der Waals surface area contributed by atoms with E-state index in [1.165, 1.54) is 12.1 Å². The molecule has 0 spiro atoms. The highest BCUT2D eigenvalue weighted by Crippen LogP contribution is 2.13. The predicted molar refractivity (Wildman–Crippen MR) is 75.8 cm³/mol. The van der Waals surface area contributed by atoms with E-state index < -0.39 is 10.0 Å². The Bertz CT molecular complexity index is 518. The van der Waals surface area contributed by atoms with Crippen LogP contribution >= 0.6 is 0 Å². The minimum Gasteiger partial charge on any atom is -0.294 e. The SMILES string of the molecule is CCCCC(=O)c1ccc(S(=O)(=O)NC(C)C)cc1. The first-order valence-corrected chi connectivity index (χ1v) is 8.00. The van der Waals surface area contributed by atoms with Crippen molar-refractivity contribution in [1.29, 1.82) is 0 Å². The maximum absolute atomic E-state index is 11.9. The summed E-state index contributed by atoms with van der Waals surface area (Å²) in [5.74, 6) is 0.0580. The van der Waals surface area contributed by atoms with Crippen molar-refractivity contribution in [3.63, 3.8) is 0 Å². The Morgan fingerprint density at radius 1 is 1.21 bits per heavy atom. The number of unbranched alkanes of at least 4 members (excludes halogenated alkanes) is 1. The Morgan fingerprint density at radius 2 is 1.79 bits per heavy atom. The van der Waals surface area contributed by atoms with Gasteiger partial charge in [-0.2, -0.15) is 0 Å². The highest BCUT2D eigenvalue weighted by molar-refractivity contribution is 7.89. The van der Waals surface area contributed by atoms with E-state index in [9.17, 15) is 13.2 Å². The van der Waals surface area contributed by atoms with Gasteiger partial charge in [-0.25, -0.2) is 13.1 Å². The molecular formula is C14H21NO3S. The predicted octanol–water partition coefficient (Wildman–Crippen LogP) is 2.75. The zero-order valence-electron chi connectivity index (χ0n) is 11.6. The molecule has 0 atom stereocenters. The molecule has 1 rings (SSSR count). The Hall–Kier alpha value is -1.20. The molecule has 4 nitrogen and oxygen atoms in total. The number of nitrogens with one attached hydrogen (secondary N) is 1. The Morgan fingerprint density at radius 3 is 2.26 bits per heavy atom. The molecule has 1 aromatic rings. The van der Waals surface area contributed by atoms with Crippen LogP contribution < -0.4 is 4.72 Å². The van der Waals surface area contributed by atoms with E-state index in [1.807, 2.05) is 6.92 Å². The van der Waals surface area contributed by atoms with Crippen molar-refractivity contribution < 1.29 is 13.2 Å². The third-order valence-corrected chi connectivity index (χ3v) is 4.31. The lowest BCUT2D eigenvalue weighted by Gasteiger charge is -2.09. The van der Waals surface area contributed by atoms with Gasteiger partial charge in [-0.05, 0) is 32.4 Å². The molecule has 0 unspecified atom stereocenters. The number of hydrogen-bond acceptors (Lipinski definition) is 3. The summed E-state index contributed by atoms with van der Waals surface area (Å²) in [6, 6.07) is 5.95. The number of hydrogen-bond donors (Lipinski definition) is 1. The highest BCUT2D eigenvalue weighted by Gasteiger charge is 2.15. The zero-order chi connectivity index (χ0) is 14.5. The van der Waals surface area contributed by atoms with Crippen molar-refractivity contribution in [2.75, 3.05) is 0 Å². The smallest absolute Gasteiger partial charge is 0.240 e. The molecular weight excluding hydrogens is 262 g/mol. The average Bonchev–Trinajstić information content (AvgIpc) is 2.34. The summed E-state index contributed by atoms with van der Waals surface area (Å²) >= 11 is 0. The number of sulfonamides is 1. The van der Waals surface area contributed by atoms with E-state index >= 15 is 0 Å². The van der Waals surface area contributed by atoms with Crippen LogP contribution in [0.3, 0.4) is 0 Å². The number of carbonyl (C=O) groups is 1. The Balaban J connectivity index is 2.85. The second-order valence-corrected chi connectivity index (χ2v) is 6.54. The monoisotopic (exact) mass is 283 g/mol. The summed E-state index contributed by atoms with van der Waals surface area (Å²) in [7, 11) is -3.48. The molecule has 0 saturated heterocycles. The van der Waals surface area contributed by atoms with Crippen LogP contribution in [0, 0.1) is 0 Å². The molecule has 0 fully saturated rings. The second-order valence-electron chi connectivity index (χ2n) is 4.83. The first-order valence-electron chi connectivity index (χ1n) is 6.52. The van der Waals surface area contributed by atoms with Crippen LogP contribution in [0.2, 0.25) is 0 Å². The van der Waals surface area contributed by atoms with E-state index in [1.54, 1.807) is 26.0 Å². The molecule has 0 aliphatic carbocycles. The molecule has 106 valence electrons. The van der Waals surface area contributed by atoms with Gasteiger partial charge < -0.3 is 0 Å².